The second kappa shape index (κ2) is 4.52. The van der Waals surface area contributed by atoms with Crippen LogP contribution in [-0.4, -0.2) is 23.2 Å². The van der Waals surface area contributed by atoms with Gasteiger partial charge in [-0.15, -0.1) is 0 Å². The van der Waals surface area contributed by atoms with E-state index in [1.807, 2.05) is 0 Å². The second-order valence-corrected chi connectivity index (χ2v) is 5.32. The summed E-state index contributed by atoms with van der Waals surface area (Å²) >= 11 is 5.85. The van der Waals surface area contributed by atoms with Crippen molar-refractivity contribution in [3.05, 3.63) is 22.8 Å². The van der Waals surface area contributed by atoms with Crippen LogP contribution in [0.5, 0.6) is 0 Å². The Labute approximate surface area is 113 Å². The van der Waals surface area contributed by atoms with Gasteiger partial charge in [-0.2, -0.15) is 13.2 Å². The largest absolute Gasteiger partial charge is 0.417 e. The van der Waals surface area contributed by atoms with Crippen LogP contribution in [0.4, 0.5) is 19.0 Å². The highest BCUT2D eigenvalue weighted by molar-refractivity contribution is 6.33. The molecule has 3 rings (SSSR count). The first-order chi connectivity index (χ1) is 8.93. The molecule has 0 saturated carbocycles. The molecule has 2 aliphatic rings. The van der Waals surface area contributed by atoms with Gasteiger partial charge in [0.15, 0.2) is 0 Å². The van der Waals surface area contributed by atoms with Gasteiger partial charge in [0.2, 0.25) is 0 Å². The Morgan fingerprint density at radius 2 is 2.16 bits per heavy atom. The first-order valence-electron chi connectivity index (χ1n) is 6.08. The third kappa shape index (κ3) is 2.51. The van der Waals surface area contributed by atoms with Gasteiger partial charge in [0, 0.05) is 6.20 Å². The number of anilines is 1. The summed E-state index contributed by atoms with van der Waals surface area (Å²) in [6, 6.07) is 0.978. The molecule has 2 saturated heterocycles. The molecule has 0 amide bonds. The van der Waals surface area contributed by atoms with Crippen LogP contribution in [0.25, 0.3) is 0 Å². The number of pyridine rings is 1. The summed E-state index contributed by atoms with van der Waals surface area (Å²) in [5.41, 5.74) is -0.841. The molecule has 7 heteroatoms. The summed E-state index contributed by atoms with van der Waals surface area (Å²) in [5, 5.41) is 3.07. The quantitative estimate of drug-likeness (QED) is 0.906. The predicted molar refractivity (Wildman–Crippen MR) is 64.2 cm³/mol. The Morgan fingerprint density at radius 3 is 2.68 bits per heavy atom. The van der Waals surface area contributed by atoms with Crippen molar-refractivity contribution < 1.29 is 17.9 Å². The lowest BCUT2D eigenvalue weighted by molar-refractivity contribution is -0.137. The van der Waals surface area contributed by atoms with Crippen molar-refractivity contribution in [1.29, 1.82) is 0 Å². The second-order valence-electron chi connectivity index (χ2n) is 4.91. The summed E-state index contributed by atoms with van der Waals surface area (Å²) < 4.78 is 43.1. The normalized spacial score (nSPS) is 29.8. The zero-order valence-corrected chi connectivity index (χ0v) is 10.6. The van der Waals surface area contributed by atoms with Crippen LogP contribution in [0, 0.1) is 0 Å². The molecule has 3 nitrogen and oxygen atoms in total. The van der Waals surface area contributed by atoms with E-state index in [1.165, 1.54) is 0 Å². The van der Waals surface area contributed by atoms with Gasteiger partial charge in [-0.05, 0) is 25.3 Å². The van der Waals surface area contributed by atoms with Crippen LogP contribution in [0.1, 0.15) is 24.8 Å². The van der Waals surface area contributed by atoms with Crippen LogP contribution in [0.3, 0.4) is 0 Å². The number of ether oxygens (including phenoxy) is 1. The SMILES string of the molecule is FC(F)(F)c1cnc(NC2CC3CCC2O3)c(Cl)c1. The van der Waals surface area contributed by atoms with E-state index in [2.05, 4.69) is 10.3 Å². The van der Waals surface area contributed by atoms with E-state index < -0.39 is 11.7 Å². The zero-order chi connectivity index (χ0) is 13.6. The first-order valence-corrected chi connectivity index (χ1v) is 6.46. The van der Waals surface area contributed by atoms with Crippen LogP contribution in [0.15, 0.2) is 12.3 Å². The monoisotopic (exact) mass is 292 g/mol. The third-order valence-electron chi connectivity index (χ3n) is 3.60. The molecule has 0 spiro atoms. The van der Waals surface area contributed by atoms with Gasteiger partial charge in [0.25, 0.3) is 0 Å². The van der Waals surface area contributed by atoms with E-state index in [0.29, 0.717) is 0 Å². The number of aromatic nitrogens is 1. The third-order valence-corrected chi connectivity index (χ3v) is 3.88. The van der Waals surface area contributed by atoms with Gasteiger partial charge < -0.3 is 10.1 Å². The van der Waals surface area contributed by atoms with Crippen molar-refractivity contribution in [3.63, 3.8) is 0 Å². The Kier molecular flexibility index (Phi) is 3.09. The van der Waals surface area contributed by atoms with Gasteiger partial charge >= 0.3 is 6.18 Å². The maximum atomic E-state index is 12.5. The highest BCUT2D eigenvalue weighted by Gasteiger charge is 2.41. The van der Waals surface area contributed by atoms with Crippen LogP contribution in [-0.2, 0) is 10.9 Å². The average molecular weight is 293 g/mol. The average Bonchev–Trinajstić information content (AvgIpc) is 2.92. The van der Waals surface area contributed by atoms with E-state index >= 15 is 0 Å². The number of nitrogens with one attached hydrogen (secondary N) is 1. The highest BCUT2D eigenvalue weighted by atomic mass is 35.5. The minimum atomic E-state index is -4.43. The van der Waals surface area contributed by atoms with Crippen molar-refractivity contribution in [3.8, 4) is 0 Å². The lowest BCUT2D eigenvalue weighted by atomic mass is 9.95. The fourth-order valence-corrected chi connectivity index (χ4v) is 2.89. The van der Waals surface area contributed by atoms with Gasteiger partial charge in [-0.25, -0.2) is 4.98 Å². The molecule has 1 aromatic rings. The molecular weight excluding hydrogens is 281 g/mol. The van der Waals surface area contributed by atoms with Crippen LogP contribution in [0.2, 0.25) is 5.02 Å². The van der Waals surface area contributed by atoms with Gasteiger partial charge in [-0.3, -0.25) is 0 Å². The fraction of sp³-hybridized carbons (Fsp3) is 0.583. The molecule has 2 aliphatic heterocycles. The summed E-state index contributed by atoms with van der Waals surface area (Å²) in [6.45, 7) is 0. The van der Waals surface area contributed by atoms with E-state index in [4.69, 9.17) is 16.3 Å². The minimum absolute atomic E-state index is 0.0161. The lowest BCUT2D eigenvalue weighted by Gasteiger charge is -2.21. The van der Waals surface area contributed by atoms with E-state index in [0.717, 1.165) is 31.5 Å². The Hall–Kier alpha value is -1.01. The first kappa shape index (κ1) is 13.0. The van der Waals surface area contributed by atoms with Crippen LogP contribution >= 0.6 is 11.6 Å². The molecule has 1 N–H and O–H groups in total. The molecule has 2 fully saturated rings. The molecule has 19 heavy (non-hydrogen) atoms. The summed E-state index contributed by atoms with van der Waals surface area (Å²) in [5.74, 6) is 0.288. The summed E-state index contributed by atoms with van der Waals surface area (Å²) in [4.78, 5) is 3.77. The number of hydrogen-bond acceptors (Lipinski definition) is 3. The summed E-state index contributed by atoms with van der Waals surface area (Å²) in [7, 11) is 0. The summed E-state index contributed by atoms with van der Waals surface area (Å²) in [6.07, 6.45) is -0.380. The molecule has 1 aromatic heterocycles. The Morgan fingerprint density at radius 1 is 1.37 bits per heavy atom. The predicted octanol–water partition coefficient (Wildman–Crippen LogP) is 3.49. The standard InChI is InChI=1S/C12H12ClF3N2O/c13-8-3-6(12(14,15)16)5-17-11(8)18-9-4-7-1-2-10(9)19-7/h3,5,7,9-10H,1-2,4H2,(H,17,18). The number of halogens is 4. The fourth-order valence-electron chi connectivity index (χ4n) is 2.66. The molecule has 2 bridgehead atoms. The molecular formula is C12H12ClF3N2O. The van der Waals surface area contributed by atoms with E-state index in [-0.39, 0.29) is 29.1 Å². The van der Waals surface area contributed by atoms with Crippen molar-refractivity contribution >= 4 is 17.4 Å². The topological polar surface area (TPSA) is 34.2 Å². The Balaban J connectivity index is 1.75. The smallest absolute Gasteiger partial charge is 0.373 e. The molecule has 3 atom stereocenters. The van der Waals surface area contributed by atoms with Gasteiger partial charge in [0.05, 0.1) is 28.8 Å². The number of nitrogens with zero attached hydrogens (tertiary/aromatic N) is 1. The van der Waals surface area contributed by atoms with Gasteiger partial charge in [0.1, 0.15) is 5.82 Å². The van der Waals surface area contributed by atoms with Crippen LogP contribution < -0.4 is 5.32 Å². The molecule has 0 aromatic carbocycles. The van der Waals surface area contributed by atoms with Crippen molar-refractivity contribution in [2.24, 2.45) is 0 Å². The van der Waals surface area contributed by atoms with Crippen molar-refractivity contribution in [2.75, 3.05) is 5.32 Å². The maximum Gasteiger partial charge on any atom is 0.417 e. The Bertz CT molecular complexity index is 494. The highest BCUT2D eigenvalue weighted by Crippen LogP contribution is 2.37. The minimum Gasteiger partial charge on any atom is -0.373 e. The number of alkyl halides is 3. The zero-order valence-electron chi connectivity index (χ0n) is 9.88. The van der Waals surface area contributed by atoms with Crippen molar-refractivity contribution in [1.82, 2.24) is 4.98 Å². The molecule has 3 unspecified atom stereocenters. The van der Waals surface area contributed by atoms with E-state index in [9.17, 15) is 13.2 Å². The lowest BCUT2D eigenvalue weighted by Crippen LogP contribution is -2.31. The van der Waals surface area contributed by atoms with Crippen molar-refractivity contribution in [2.45, 2.75) is 43.7 Å². The molecule has 104 valence electrons. The number of hydrogen-bond donors (Lipinski definition) is 1. The molecule has 0 radical (unpaired) electrons. The number of fused-ring (bicyclic) bond motifs is 2. The van der Waals surface area contributed by atoms with Gasteiger partial charge in [-0.1, -0.05) is 11.6 Å². The molecule has 3 heterocycles. The number of rotatable bonds is 2. The maximum absolute atomic E-state index is 12.5. The van der Waals surface area contributed by atoms with E-state index in [1.54, 1.807) is 0 Å². The molecule has 0 aliphatic carbocycles.